The summed E-state index contributed by atoms with van der Waals surface area (Å²) >= 11 is 6.08. The Labute approximate surface area is 144 Å². The van der Waals surface area contributed by atoms with E-state index in [9.17, 15) is 9.59 Å². The van der Waals surface area contributed by atoms with Crippen molar-refractivity contribution in [3.8, 4) is 0 Å². The van der Waals surface area contributed by atoms with Crippen molar-refractivity contribution >= 4 is 28.5 Å². The first-order valence-electron chi connectivity index (χ1n) is 7.65. The van der Waals surface area contributed by atoms with Gasteiger partial charge in [-0.15, -0.1) is 0 Å². The van der Waals surface area contributed by atoms with Gasteiger partial charge in [-0.1, -0.05) is 41.9 Å². The quantitative estimate of drug-likeness (QED) is 0.731. The molecule has 3 aromatic rings. The summed E-state index contributed by atoms with van der Waals surface area (Å²) < 4.78 is 5.17. The fourth-order valence-corrected chi connectivity index (χ4v) is 2.88. The minimum Gasteiger partial charge on any atom is -0.462 e. The largest absolute Gasteiger partial charge is 0.462 e. The topological polar surface area (TPSA) is 59.2 Å². The van der Waals surface area contributed by atoms with Crippen molar-refractivity contribution in [2.24, 2.45) is 0 Å². The summed E-state index contributed by atoms with van der Waals surface area (Å²) in [6, 6.07) is 14.6. The summed E-state index contributed by atoms with van der Waals surface area (Å²) in [6.45, 7) is 1.97. The Morgan fingerprint density at radius 3 is 2.62 bits per heavy atom. The second-order valence-corrected chi connectivity index (χ2v) is 5.82. The SMILES string of the molecule is CCOC(=O)c1c(Cc2ccccc2)c(=O)[nH]c2ccc(Cl)cc12. The van der Waals surface area contributed by atoms with E-state index in [1.807, 2.05) is 30.3 Å². The lowest BCUT2D eigenvalue weighted by Gasteiger charge is -2.12. The number of esters is 1. The van der Waals surface area contributed by atoms with E-state index in [4.69, 9.17) is 16.3 Å². The lowest BCUT2D eigenvalue weighted by molar-refractivity contribution is 0.0527. The smallest absolute Gasteiger partial charge is 0.339 e. The van der Waals surface area contributed by atoms with Gasteiger partial charge < -0.3 is 9.72 Å². The molecule has 0 atom stereocenters. The van der Waals surface area contributed by atoms with E-state index < -0.39 is 5.97 Å². The molecule has 2 aromatic carbocycles. The Morgan fingerprint density at radius 2 is 1.92 bits per heavy atom. The highest BCUT2D eigenvalue weighted by Gasteiger charge is 2.20. The Hall–Kier alpha value is -2.59. The molecule has 0 aliphatic rings. The summed E-state index contributed by atoms with van der Waals surface area (Å²) in [5.74, 6) is -0.512. The zero-order valence-corrected chi connectivity index (χ0v) is 13.9. The molecule has 0 saturated heterocycles. The molecule has 1 heterocycles. The highest BCUT2D eigenvalue weighted by molar-refractivity contribution is 6.31. The maximum absolute atomic E-state index is 12.6. The maximum Gasteiger partial charge on any atom is 0.339 e. The average Bonchev–Trinajstić information content (AvgIpc) is 2.57. The van der Waals surface area contributed by atoms with Crippen LogP contribution in [0.2, 0.25) is 5.02 Å². The van der Waals surface area contributed by atoms with Crippen LogP contribution in [0.1, 0.15) is 28.4 Å². The summed E-state index contributed by atoms with van der Waals surface area (Å²) in [7, 11) is 0. The fourth-order valence-electron chi connectivity index (χ4n) is 2.71. The van der Waals surface area contributed by atoms with Gasteiger partial charge in [-0.3, -0.25) is 4.79 Å². The molecule has 0 amide bonds. The van der Waals surface area contributed by atoms with Crippen LogP contribution in [-0.2, 0) is 11.2 Å². The second kappa shape index (κ2) is 6.89. The highest BCUT2D eigenvalue weighted by atomic mass is 35.5. The van der Waals surface area contributed by atoms with Crippen LogP contribution < -0.4 is 5.56 Å². The number of hydrogen-bond acceptors (Lipinski definition) is 3. The molecule has 24 heavy (non-hydrogen) atoms. The standard InChI is InChI=1S/C19H16ClNO3/c1-2-24-19(23)17-14-11-13(20)8-9-16(14)21-18(22)15(17)10-12-6-4-3-5-7-12/h3-9,11H,2,10H2,1H3,(H,21,22). The highest BCUT2D eigenvalue weighted by Crippen LogP contribution is 2.24. The Bertz CT molecular complexity index is 948. The van der Waals surface area contributed by atoms with Crippen LogP contribution in [0.5, 0.6) is 0 Å². The molecule has 4 nitrogen and oxygen atoms in total. The van der Waals surface area contributed by atoms with E-state index in [0.717, 1.165) is 5.56 Å². The molecule has 0 aliphatic carbocycles. The number of aromatic nitrogens is 1. The van der Waals surface area contributed by atoms with E-state index in [0.29, 0.717) is 27.9 Å². The molecule has 0 fully saturated rings. The summed E-state index contributed by atoms with van der Waals surface area (Å²) in [5.41, 5.74) is 1.87. The molecule has 122 valence electrons. The van der Waals surface area contributed by atoms with E-state index in [2.05, 4.69) is 4.98 Å². The van der Waals surface area contributed by atoms with E-state index in [-0.39, 0.29) is 17.7 Å². The Morgan fingerprint density at radius 1 is 1.17 bits per heavy atom. The predicted octanol–water partition coefficient (Wildman–Crippen LogP) is 3.95. The number of halogens is 1. The van der Waals surface area contributed by atoms with Gasteiger partial charge in [0.15, 0.2) is 0 Å². The fraction of sp³-hybridized carbons (Fsp3) is 0.158. The number of rotatable bonds is 4. The number of carbonyl (C=O) groups is 1. The number of nitrogens with one attached hydrogen (secondary N) is 1. The van der Waals surface area contributed by atoms with Crippen molar-refractivity contribution in [3.63, 3.8) is 0 Å². The summed E-state index contributed by atoms with van der Waals surface area (Å²) in [6.07, 6.45) is 0.340. The number of carbonyl (C=O) groups excluding carboxylic acids is 1. The first-order chi connectivity index (χ1) is 11.6. The van der Waals surface area contributed by atoms with Crippen LogP contribution in [0, 0.1) is 0 Å². The minimum absolute atomic E-state index is 0.235. The Balaban J connectivity index is 2.26. The van der Waals surface area contributed by atoms with Crippen LogP contribution in [0.25, 0.3) is 10.9 Å². The number of benzene rings is 2. The van der Waals surface area contributed by atoms with Crippen LogP contribution in [0.15, 0.2) is 53.3 Å². The molecule has 0 spiro atoms. The summed E-state index contributed by atoms with van der Waals surface area (Å²) in [5, 5.41) is 1.08. The van der Waals surface area contributed by atoms with Gasteiger partial charge in [-0.25, -0.2) is 4.79 Å². The first kappa shape index (κ1) is 16.3. The lowest BCUT2D eigenvalue weighted by Crippen LogP contribution is -2.21. The summed E-state index contributed by atoms with van der Waals surface area (Å²) in [4.78, 5) is 27.9. The first-order valence-corrected chi connectivity index (χ1v) is 8.03. The molecule has 5 heteroatoms. The molecule has 1 aromatic heterocycles. The molecule has 0 saturated carbocycles. The number of aromatic amines is 1. The number of fused-ring (bicyclic) bond motifs is 1. The van der Waals surface area contributed by atoms with Gasteiger partial charge in [0.2, 0.25) is 0 Å². The Kier molecular flexibility index (Phi) is 4.67. The lowest BCUT2D eigenvalue weighted by atomic mass is 9.97. The molecular weight excluding hydrogens is 326 g/mol. The van der Waals surface area contributed by atoms with Gasteiger partial charge >= 0.3 is 5.97 Å². The molecular formula is C19H16ClNO3. The van der Waals surface area contributed by atoms with E-state index in [1.165, 1.54) is 0 Å². The van der Waals surface area contributed by atoms with Crippen molar-refractivity contribution in [2.75, 3.05) is 6.61 Å². The van der Waals surface area contributed by atoms with Gasteiger partial charge in [-0.2, -0.15) is 0 Å². The average molecular weight is 342 g/mol. The van der Waals surface area contributed by atoms with E-state index >= 15 is 0 Å². The zero-order valence-electron chi connectivity index (χ0n) is 13.1. The van der Waals surface area contributed by atoms with E-state index in [1.54, 1.807) is 25.1 Å². The molecule has 3 rings (SSSR count). The zero-order chi connectivity index (χ0) is 17.1. The van der Waals surface area contributed by atoms with Crippen LogP contribution in [0.3, 0.4) is 0 Å². The van der Waals surface area contributed by atoms with Crippen molar-refractivity contribution in [1.82, 2.24) is 4.98 Å². The number of H-pyrrole nitrogens is 1. The van der Waals surface area contributed by atoms with Crippen LogP contribution >= 0.6 is 11.6 Å². The molecule has 1 N–H and O–H groups in total. The number of hydrogen-bond donors (Lipinski definition) is 1. The number of pyridine rings is 1. The van der Waals surface area contributed by atoms with Gasteiger partial charge in [0.1, 0.15) is 0 Å². The van der Waals surface area contributed by atoms with Crippen LogP contribution in [-0.4, -0.2) is 17.6 Å². The van der Waals surface area contributed by atoms with Gasteiger partial charge in [0.25, 0.3) is 5.56 Å². The maximum atomic E-state index is 12.6. The molecule has 0 aliphatic heterocycles. The molecule has 0 bridgehead atoms. The normalized spacial score (nSPS) is 10.8. The van der Waals surface area contributed by atoms with Gasteiger partial charge in [-0.05, 0) is 30.7 Å². The molecule has 0 unspecified atom stereocenters. The third-order valence-electron chi connectivity index (χ3n) is 3.78. The van der Waals surface area contributed by atoms with Crippen molar-refractivity contribution < 1.29 is 9.53 Å². The third-order valence-corrected chi connectivity index (χ3v) is 4.01. The monoisotopic (exact) mass is 341 g/mol. The van der Waals surface area contributed by atoms with Crippen LogP contribution in [0.4, 0.5) is 0 Å². The van der Waals surface area contributed by atoms with Crippen molar-refractivity contribution in [2.45, 2.75) is 13.3 Å². The molecule has 0 radical (unpaired) electrons. The predicted molar refractivity (Wildman–Crippen MR) is 94.8 cm³/mol. The minimum atomic E-state index is -0.512. The number of ether oxygens (including phenoxy) is 1. The van der Waals surface area contributed by atoms with Crippen molar-refractivity contribution in [3.05, 3.63) is 80.6 Å². The second-order valence-electron chi connectivity index (χ2n) is 5.38. The van der Waals surface area contributed by atoms with Gasteiger partial charge in [0, 0.05) is 27.9 Å². The van der Waals surface area contributed by atoms with Gasteiger partial charge in [0.05, 0.1) is 12.2 Å². The third kappa shape index (κ3) is 3.19. The van der Waals surface area contributed by atoms with Crippen molar-refractivity contribution in [1.29, 1.82) is 0 Å².